The van der Waals surface area contributed by atoms with Gasteiger partial charge in [-0.15, -0.1) is 0 Å². The van der Waals surface area contributed by atoms with Crippen molar-refractivity contribution < 1.29 is 14.3 Å². The molecule has 1 aromatic heterocycles. The molecule has 2 N–H and O–H groups in total. The standard InChI is InChI=1S/C20H16Cl2N4O3/c1-29-16-5-3-2-4-12(16)10-25-19(27)13-8-14(18(22)15(21)9-13)20(28)26-17-11-23-6-7-24-17/h2-9,11H,10H2,1H3,(H,25,27)(H,24,26,28). The van der Waals surface area contributed by atoms with Crippen molar-refractivity contribution >= 4 is 40.8 Å². The van der Waals surface area contributed by atoms with Gasteiger partial charge in [0.15, 0.2) is 5.82 Å². The average Bonchev–Trinajstić information content (AvgIpc) is 2.74. The van der Waals surface area contributed by atoms with Crippen LogP contribution in [-0.2, 0) is 6.54 Å². The highest BCUT2D eigenvalue weighted by atomic mass is 35.5. The van der Waals surface area contributed by atoms with E-state index in [-0.39, 0.29) is 33.5 Å². The SMILES string of the molecule is COc1ccccc1CNC(=O)c1cc(Cl)c(Cl)c(C(=O)Nc2cnccn2)c1. The minimum Gasteiger partial charge on any atom is -0.496 e. The molecular weight excluding hydrogens is 415 g/mol. The molecule has 7 nitrogen and oxygen atoms in total. The van der Waals surface area contributed by atoms with E-state index in [9.17, 15) is 9.59 Å². The Kier molecular flexibility index (Phi) is 6.64. The first-order valence-electron chi connectivity index (χ1n) is 8.46. The van der Waals surface area contributed by atoms with Gasteiger partial charge in [0.25, 0.3) is 11.8 Å². The van der Waals surface area contributed by atoms with Crippen molar-refractivity contribution in [2.45, 2.75) is 6.54 Å². The Morgan fingerprint density at radius 1 is 1.10 bits per heavy atom. The third-order valence-electron chi connectivity index (χ3n) is 3.97. The number of benzene rings is 2. The molecular formula is C20H16Cl2N4O3. The molecule has 0 saturated heterocycles. The van der Waals surface area contributed by atoms with Crippen LogP contribution in [0.15, 0.2) is 55.0 Å². The summed E-state index contributed by atoms with van der Waals surface area (Å²) in [6.45, 7) is 0.240. The van der Waals surface area contributed by atoms with Gasteiger partial charge in [0.1, 0.15) is 5.75 Å². The molecule has 2 aromatic carbocycles. The molecule has 0 atom stereocenters. The van der Waals surface area contributed by atoms with Gasteiger partial charge in [-0.25, -0.2) is 4.98 Å². The fourth-order valence-electron chi connectivity index (χ4n) is 2.56. The van der Waals surface area contributed by atoms with Crippen molar-refractivity contribution in [3.8, 4) is 5.75 Å². The van der Waals surface area contributed by atoms with E-state index in [1.54, 1.807) is 13.2 Å². The molecule has 3 aromatic rings. The van der Waals surface area contributed by atoms with Crippen LogP contribution in [0.4, 0.5) is 5.82 Å². The average molecular weight is 431 g/mol. The lowest BCUT2D eigenvalue weighted by molar-refractivity contribution is 0.0950. The monoisotopic (exact) mass is 430 g/mol. The van der Waals surface area contributed by atoms with Crippen molar-refractivity contribution in [3.05, 3.63) is 81.7 Å². The Morgan fingerprint density at radius 2 is 1.90 bits per heavy atom. The fraction of sp³-hybridized carbons (Fsp3) is 0.100. The number of rotatable bonds is 6. The van der Waals surface area contributed by atoms with Gasteiger partial charge in [0.05, 0.1) is 28.9 Å². The lowest BCUT2D eigenvalue weighted by Crippen LogP contribution is -2.24. The maximum Gasteiger partial charge on any atom is 0.258 e. The van der Waals surface area contributed by atoms with Gasteiger partial charge in [-0.2, -0.15) is 0 Å². The van der Waals surface area contributed by atoms with E-state index in [2.05, 4.69) is 20.6 Å². The van der Waals surface area contributed by atoms with Crippen molar-refractivity contribution in [2.24, 2.45) is 0 Å². The van der Waals surface area contributed by atoms with E-state index < -0.39 is 11.8 Å². The van der Waals surface area contributed by atoms with Crippen LogP contribution in [0, 0.1) is 0 Å². The molecule has 0 radical (unpaired) electrons. The summed E-state index contributed by atoms with van der Waals surface area (Å²) in [5.41, 5.74) is 1.05. The number of halogens is 2. The van der Waals surface area contributed by atoms with E-state index in [0.29, 0.717) is 5.75 Å². The van der Waals surface area contributed by atoms with E-state index in [4.69, 9.17) is 27.9 Å². The van der Waals surface area contributed by atoms with Crippen LogP contribution in [0.3, 0.4) is 0 Å². The van der Waals surface area contributed by atoms with E-state index in [1.165, 1.54) is 30.7 Å². The second kappa shape index (κ2) is 9.36. The third kappa shape index (κ3) is 5.01. The van der Waals surface area contributed by atoms with Gasteiger partial charge in [0, 0.05) is 30.1 Å². The molecule has 1 heterocycles. The van der Waals surface area contributed by atoms with Crippen molar-refractivity contribution in [1.82, 2.24) is 15.3 Å². The normalized spacial score (nSPS) is 10.3. The number of aromatic nitrogens is 2. The van der Waals surface area contributed by atoms with Crippen LogP contribution in [0.5, 0.6) is 5.75 Å². The minimum absolute atomic E-state index is 0.0364. The fourth-order valence-corrected chi connectivity index (χ4v) is 2.97. The Hall–Kier alpha value is -3.16. The maximum atomic E-state index is 12.6. The summed E-state index contributed by atoms with van der Waals surface area (Å²) in [6, 6.07) is 10.1. The largest absolute Gasteiger partial charge is 0.496 e. The Labute approximate surface area is 177 Å². The molecule has 9 heteroatoms. The van der Waals surface area contributed by atoms with E-state index >= 15 is 0 Å². The minimum atomic E-state index is -0.559. The van der Waals surface area contributed by atoms with Crippen LogP contribution in [-0.4, -0.2) is 28.9 Å². The first-order chi connectivity index (χ1) is 14.0. The Morgan fingerprint density at radius 3 is 2.62 bits per heavy atom. The topological polar surface area (TPSA) is 93.2 Å². The summed E-state index contributed by atoms with van der Waals surface area (Å²) in [7, 11) is 1.56. The van der Waals surface area contributed by atoms with Crippen LogP contribution in [0.1, 0.15) is 26.3 Å². The summed E-state index contributed by atoms with van der Waals surface area (Å²) in [4.78, 5) is 33.0. The number of anilines is 1. The summed E-state index contributed by atoms with van der Waals surface area (Å²) < 4.78 is 5.27. The molecule has 0 aliphatic heterocycles. The van der Waals surface area contributed by atoms with Gasteiger partial charge < -0.3 is 15.4 Å². The summed E-state index contributed by atoms with van der Waals surface area (Å²) >= 11 is 12.3. The number of amides is 2. The third-order valence-corrected chi connectivity index (χ3v) is 4.77. The number of hydrogen-bond donors (Lipinski definition) is 2. The highest BCUT2D eigenvalue weighted by Gasteiger charge is 2.18. The number of nitrogens with one attached hydrogen (secondary N) is 2. The Bertz CT molecular complexity index is 1050. The number of carbonyl (C=O) groups excluding carboxylic acids is 2. The number of nitrogens with zero attached hydrogens (tertiary/aromatic N) is 2. The van der Waals surface area contributed by atoms with E-state index in [0.717, 1.165) is 5.56 Å². The van der Waals surface area contributed by atoms with Gasteiger partial charge in [-0.3, -0.25) is 14.6 Å². The highest BCUT2D eigenvalue weighted by molar-refractivity contribution is 6.44. The van der Waals surface area contributed by atoms with Crippen LogP contribution < -0.4 is 15.4 Å². The molecule has 0 unspecified atom stereocenters. The number of ether oxygens (including phenoxy) is 1. The van der Waals surface area contributed by atoms with Gasteiger partial charge >= 0.3 is 0 Å². The maximum absolute atomic E-state index is 12.6. The lowest BCUT2D eigenvalue weighted by atomic mass is 10.1. The van der Waals surface area contributed by atoms with Crippen molar-refractivity contribution in [3.63, 3.8) is 0 Å². The molecule has 29 heavy (non-hydrogen) atoms. The smallest absolute Gasteiger partial charge is 0.258 e. The molecule has 0 saturated carbocycles. The molecule has 0 fully saturated rings. The predicted octanol–water partition coefficient (Wildman–Crippen LogP) is 3.97. The number of hydrogen-bond acceptors (Lipinski definition) is 5. The van der Waals surface area contributed by atoms with E-state index in [1.807, 2.05) is 18.2 Å². The predicted molar refractivity (Wildman–Crippen MR) is 111 cm³/mol. The second-order valence-electron chi connectivity index (χ2n) is 5.86. The highest BCUT2D eigenvalue weighted by Crippen LogP contribution is 2.28. The molecule has 0 aliphatic rings. The van der Waals surface area contributed by atoms with Crippen LogP contribution in [0.2, 0.25) is 10.0 Å². The zero-order valence-electron chi connectivity index (χ0n) is 15.3. The number of methoxy groups -OCH3 is 1. The summed E-state index contributed by atoms with van der Waals surface area (Å²) in [5.74, 6) is -0.0681. The van der Waals surface area contributed by atoms with Gasteiger partial charge in [0.2, 0.25) is 0 Å². The van der Waals surface area contributed by atoms with Crippen molar-refractivity contribution in [1.29, 1.82) is 0 Å². The van der Waals surface area contributed by atoms with Crippen LogP contribution >= 0.6 is 23.2 Å². The Balaban J connectivity index is 1.79. The first-order valence-corrected chi connectivity index (χ1v) is 9.21. The van der Waals surface area contributed by atoms with Crippen LogP contribution in [0.25, 0.3) is 0 Å². The molecule has 0 spiro atoms. The zero-order chi connectivity index (χ0) is 20.8. The van der Waals surface area contributed by atoms with Gasteiger partial charge in [-0.1, -0.05) is 41.4 Å². The van der Waals surface area contributed by atoms with Crippen molar-refractivity contribution in [2.75, 3.05) is 12.4 Å². The molecule has 148 valence electrons. The number of para-hydroxylation sites is 1. The molecule has 3 rings (SSSR count). The summed E-state index contributed by atoms with van der Waals surface area (Å²) in [6.07, 6.45) is 4.30. The van der Waals surface area contributed by atoms with Gasteiger partial charge in [-0.05, 0) is 18.2 Å². The molecule has 2 amide bonds. The zero-order valence-corrected chi connectivity index (χ0v) is 16.8. The molecule has 0 bridgehead atoms. The first kappa shape index (κ1) is 20.6. The second-order valence-corrected chi connectivity index (χ2v) is 6.64. The molecule has 0 aliphatic carbocycles. The quantitative estimate of drug-likeness (QED) is 0.616. The number of carbonyl (C=O) groups is 2. The lowest BCUT2D eigenvalue weighted by Gasteiger charge is -2.12. The summed E-state index contributed by atoms with van der Waals surface area (Å²) in [5, 5.41) is 5.46.